The lowest BCUT2D eigenvalue weighted by atomic mass is 10.1. The fourth-order valence-corrected chi connectivity index (χ4v) is 2.91. The van der Waals surface area contributed by atoms with E-state index in [-0.39, 0.29) is 0 Å². The lowest BCUT2D eigenvalue weighted by Gasteiger charge is -2.26. The smallest absolute Gasteiger partial charge is 0.0453 e. The maximum Gasteiger partial charge on any atom is 0.0453 e. The zero-order valence-corrected chi connectivity index (χ0v) is 14.7. The number of nitrogens with one attached hydrogen (secondary N) is 1. The topological polar surface area (TPSA) is 15.3 Å². The van der Waals surface area contributed by atoms with E-state index in [2.05, 4.69) is 58.3 Å². The first kappa shape index (κ1) is 16.3. The number of likely N-dealkylation sites (N-methyl/N-ethyl adjacent to an activating group) is 1. The molecule has 0 aliphatic rings. The summed E-state index contributed by atoms with van der Waals surface area (Å²) < 4.78 is 1.09. The van der Waals surface area contributed by atoms with Crippen molar-refractivity contribution in [1.82, 2.24) is 4.90 Å². The predicted molar refractivity (Wildman–Crippen MR) is 95.1 cm³/mol. The molecule has 0 aliphatic heterocycles. The first-order chi connectivity index (χ1) is 10.1. The number of hydrogen-bond donors (Lipinski definition) is 1. The Bertz CT molecular complexity index is 589. The maximum atomic E-state index is 6.26. The molecule has 112 valence electrons. The summed E-state index contributed by atoms with van der Waals surface area (Å²) in [6, 6.07) is 16.5. The lowest BCUT2D eigenvalue weighted by Crippen LogP contribution is -2.28. The Morgan fingerprint density at radius 1 is 1.19 bits per heavy atom. The molecule has 0 bridgehead atoms. The van der Waals surface area contributed by atoms with E-state index < -0.39 is 0 Å². The van der Waals surface area contributed by atoms with Crippen molar-refractivity contribution in [1.29, 1.82) is 0 Å². The van der Waals surface area contributed by atoms with E-state index >= 15 is 0 Å². The Labute approximate surface area is 140 Å². The summed E-state index contributed by atoms with van der Waals surface area (Å²) in [5.41, 5.74) is 2.30. The largest absolute Gasteiger partial charge is 0.384 e. The molecule has 21 heavy (non-hydrogen) atoms. The summed E-state index contributed by atoms with van der Waals surface area (Å²) in [5.74, 6) is 0. The Balaban J connectivity index is 1.87. The molecule has 2 rings (SSSR count). The van der Waals surface area contributed by atoms with Crippen LogP contribution in [-0.4, -0.2) is 25.0 Å². The van der Waals surface area contributed by atoms with Crippen LogP contribution in [0.15, 0.2) is 53.0 Å². The molecular weight excluding hydrogens is 348 g/mol. The quantitative estimate of drug-likeness (QED) is 0.754. The van der Waals surface area contributed by atoms with E-state index in [1.54, 1.807) is 0 Å². The minimum atomic E-state index is 0.294. The second-order valence-corrected chi connectivity index (χ2v) is 6.44. The third kappa shape index (κ3) is 4.73. The molecule has 0 amide bonds. The van der Waals surface area contributed by atoms with Crippen molar-refractivity contribution in [3.63, 3.8) is 0 Å². The summed E-state index contributed by atoms with van der Waals surface area (Å²) in [6.07, 6.45) is 0. The minimum Gasteiger partial charge on any atom is -0.384 e. The molecule has 0 aromatic heterocycles. The molecule has 0 radical (unpaired) electrons. The summed E-state index contributed by atoms with van der Waals surface area (Å²) >= 11 is 9.74. The zero-order chi connectivity index (χ0) is 15.2. The molecule has 0 fully saturated rings. The van der Waals surface area contributed by atoms with Crippen LogP contribution >= 0.6 is 27.5 Å². The SMILES string of the molecule is CC(c1ccccc1Cl)N(C)CCNc1cccc(Br)c1. The monoisotopic (exact) mass is 366 g/mol. The van der Waals surface area contributed by atoms with Crippen molar-refractivity contribution in [2.75, 3.05) is 25.5 Å². The Kier molecular flexibility index (Phi) is 6.09. The summed E-state index contributed by atoms with van der Waals surface area (Å²) in [7, 11) is 2.12. The average molecular weight is 368 g/mol. The van der Waals surface area contributed by atoms with Gasteiger partial charge in [-0.2, -0.15) is 0 Å². The third-order valence-electron chi connectivity index (χ3n) is 3.63. The van der Waals surface area contributed by atoms with Crippen LogP contribution in [0.4, 0.5) is 5.69 Å². The van der Waals surface area contributed by atoms with Gasteiger partial charge < -0.3 is 5.32 Å². The number of hydrogen-bond acceptors (Lipinski definition) is 2. The lowest BCUT2D eigenvalue weighted by molar-refractivity contribution is 0.272. The number of halogens is 2. The molecular formula is C17H20BrClN2. The van der Waals surface area contributed by atoms with Crippen LogP contribution in [-0.2, 0) is 0 Å². The van der Waals surface area contributed by atoms with E-state index in [0.717, 1.165) is 28.3 Å². The highest BCUT2D eigenvalue weighted by molar-refractivity contribution is 9.10. The number of rotatable bonds is 6. The van der Waals surface area contributed by atoms with E-state index in [9.17, 15) is 0 Å². The van der Waals surface area contributed by atoms with Gasteiger partial charge in [0.15, 0.2) is 0 Å². The zero-order valence-electron chi connectivity index (χ0n) is 12.3. The first-order valence-electron chi connectivity index (χ1n) is 7.02. The van der Waals surface area contributed by atoms with E-state index in [0.29, 0.717) is 6.04 Å². The highest BCUT2D eigenvalue weighted by Gasteiger charge is 2.13. The molecule has 0 heterocycles. The van der Waals surface area contributed by atoms with E-state index in [1.807, 2.05) is 30.3 Å². The maximum absolute atomic E-state index is 6.26. The van der Waals surface area contributed by atoms with Gasteiger partial charge in [-0.3, -0.25) is 4.90 Å². The predicted octanol–water partition coefficient (Wildman–Crippen LogP) is 5.21. The van der Waals surface area contributed by atoms with Crippen molar-refractivity contribution in [3.05, 3.63) is 63.6 Å². The molecule has 4 heteroatoms. The molecule has 2 aromatic rings. The number of benzene rings is 2. The summed E-state index contributed by atoms with van der Waals surface area (Å²) in [6.45, 7) is 4.01. The fourth-order valence-electron chi connectivity index (χ4n) is 2.22. The minimum absolute atomic E-state index is 0.294. The summed E-state index contributed by atoms with van der Waals surface area (Å²) in [4.78, 5) is 2.30. The van der Waals surface area contributed by atoms with Crippen LogP contribution in [0.5, 0.6) is 0 Å². The molecule has 0 spiro atoms. The van der Waals surface area contributed by atoms with Gasteiger partial charge in [0, 0.05) is 34.3 Å². The van der Waals surface area contributed by atoms with Gasteiger partial charge in [-0.1, -0.05) is 51.8 Å². The van der Waals surface area contributed by atoms with Crippen LogP contribution in [0.2, 0.25) is 5.02 Å². The second-order valence-electron chi connectivity index (χ2n) is 5.12. The second kappa shape index (κ2) is 7.83. The molecule has 1 N–H and O–H groups in total. The van der Waals surface area contributed by atoms with Crippen LogP contribution in [0.25, 0.3) is 0 Å². The Morgan fingerprint density at radius 3 is 2.67 bits per heavy atom. The van der Waals surface area contributed by atoms with E-state index in [4.69, 9.17) is 11.6 Å². The van der Waals surface area contributed by atoms with Crippen molar-refractivity contribution >= 4 is 33.2 Å². The van der Waals surface area contributed by atoms with Gasteiger partial charge in [0.2, 0.25) is 0 Å². The van der Waals surface area contributed by atoms with Crippen molar-refractivity contribution in [2.24, 2.45) is 0 Å². The Morgan fingerprint density at radius 2 is 1.95 bits per heavy atom. The van der Waals surface area contributed by atoms with Gasteiger partial charge in [0.05, 0.1) is 0 Å². The molecule has 0 aliphatic carbocycles. The average Bonchev–Trinajstić information content (AvgIpc) is 2.47. The number of anilines is 1. The fraction of sp³-hybridized carbons (Fsp3) is 0.294. The van der Waals surface area contributed by atoms with Crippen LogP contribution in [0.3, 0.4) is 0 Å². The van der Waals surface area contributed by atoms with Crippen LogP contribution in [0, 0.1) is 0 Å². The number of nitrogens with zero attached hydrogens (tertiary/aromatic N) is 1. The standard InChI is InChI=1S/C17H20BrClN2/c1-13(16-8-3-4-9-17(16)19)21(2)11-10-20-15-7-5-6-14(18)12-15/h3-9,12-13,20H,10-11H2,1-2H3. The molecule has 0 saturated carbocycles. The van der Waals surface area contributed by atoms with Gasteiger partial charge >= 0.3 is 0 Å². The van der Waals surface area contributed by atoms with Crippen molar-refractivity contribution < 1.29 is 0 Å². The molecule has 2 nitrogen and oxygen atoms in total. The highest BCUT2D eigenvalue weighted by Crippen LogP contribution is 2.25. The molecule has 1 atom stereocenters. The highest BCUT2D eigenvalue weighted by atomic mass is 79.9. The normalized spacial score (nSPS) is 12.4. The van der Waals surface area contributed by atoms with Gasteiger partial charge in [-0.15, -0.1) is 0 Å². The Hall–Kier alpha value is -1.03. The van der Waals surface area contributed by atoms with Crippen molar-refractivity contribution in [2.45, 2.75) is 13.0 Å². The van der Waals surface area contributed by atoms with Gasteiger partial charge in [-0.25, -0.2) is 0 Å². The molecule has 1 unspecified atom stereocenters. The van der Waals surface area contributed by atoms with Crippen LogP contribution in [0.1, 0.15) is 18.5 Å². The summed E-state index contributed by atoms with van der Waals surface area (Å²) in [5, 5.41) is 4.26. The van der Waals surface area contributed by atoms with Crippen molar-refractivity contribution in [3.8, 4) is 0 Å². The van der Waals surface area contributed by atoms with Gasteiger partial charge in [-0.05, 0) is 43.8 Å². The van der Waals surface area contributed by atoms with Crippen LogP contribution < -0.4 is 5.32 Å². The first-order valence-corrected chi connectivity index (χ1v) is 8.19. The van der Waals surface area contributed by atoms with Gasteiger partial charge in [0.25, 0.3) is 0 Å². The van der Waals surface area contributed by atoms with E-state index in [1.165, 1.54) is 5.56 Å². The van der Waals surface area contributed by atoms with Gasteiger partial charge in [0.1, 0.15) is 0 Å². The molecule has 0 saturated heterocycles. The molecule has 2 aromatic carbocycles. The third-order valence-corrected chi connectivity index (χ3v) is 4.47.